The van der Waals surface area contributed by atoms with Crippen LogP contribution in [0.1, 0.15) is 52.7 Å². The maximum absolute atomic E-state index is 13.9. The van der Waals surface area contributed by atoms with Crippen LogP contribution in [0.15, 0.2) is 23.2 Å². The van der Waals surface area contributed by atoms with Gasteiger partial charge in [-0.05, 0) is 59.7 Å². The van der Waals surface area contributed by atoms with Crippen LogP contribution in [0.25, 0.3) is 0 Å². The molecule has 0 aliphatic carbocycles. The summed E-state index contributed by atoms with van der Waals surface area (Å²) in [7, 11) is 0. The Labute approximate surface area is 189 Å². The third-order valence-corrected chi connectivity index (χ3v) is 3.46. The Kier molecular flexibility index (Phi) is 11.0. The highest BCUT2D eigenvalue weighted by atomic mass is 127. The van der Waals surface area contributed by atoms with Gasteiger partial charge in [-0.3, -0.25) is 0 Å². The van der Waals surface area contributed by atoms with Gasteiger partial charge < -0.3 is 20.7 Å². The number of hydrogen-bond donors (Lipinski definition) is 3. The molecule has 0 fully saturated rings. The zero-order valence-electron chi connectivity index (χ0n) is 17.9. The third-order valence-electron chi connectivity index (χ3n) is 3.46. The van der Waals surface area contributed by atoms with Crippen LogP contribution in [0.5, 0.6) is 0 Å². The summed E-state index contributed by atoms with van der Waals surface area (Å²) in [5.41, 5.74) is -0.467. The molecule has 0 spiro atoms. The second-order valence-corrected chi connectivity index (χ2v) is 7.98. The summed E-state index contributed by atoms with van der Waals surface area (Å²) in [5, 5.41) is 18.0. The van der Waals surface area contributed by atoms with Crippen molar-refractivity contribution in [1.29, 1.82) is 5.26 Å². The molecule has 9 heteroatoms. The smallest absolute Gasteiger partial charge is 0.408 e. The van der Waals surface area contributed by atoms with Crippen molar-refractivity contribution in [3.63, 3.8) is 0 Å². The summed E-state index contributed by atoms with van der Waals surface area (Å²) in [6.45, 7) is 12.1. The van der Waals surface area contributed by atoms with E-state index < -0.39 is 23.1 Å². The normalized spacial score (nSPS) is 11.7. The maximum atomic E-state index is 13.9. The summed E-state index contributed by atoms with van der Waals surface area (Å²) in [5.74, 6) is 0.0637. The van der Waals surface area contributed by atoms with E-state index in [-0.39, 0.29) is 30.5 Å². The van der Waals surface area contributed by atoms with Crippen molar-refractivity contribution in [2.24, 2.45) is 4.99 Å². The van der Waals surface area contributed by atoms with Crippen LogP contribution in [0.3, 0.4) is 0 Å². The summed E-state index contributed by atoms with van der Waals surface area (Å²) < 4.78 is 19.2. The van der Waals surface area contributed by atoms with Crippen molar-refractivity contribution < 1.29 is 13.9 Å². The van der Waals surface area contributed by atoms with Crippen LogP contribution in [-0.4, -0.2) is 36.3 Å². The van der Waals surface area contributed by atoms with E-state index in [0.717, 1.165) is 0 Å². The maximum Gasteiger partial charge on any atom is 0.408 e. The minimum absolute atomic E-state index is 0. The summed E-state index contributed by atoms with van der Waals surface area (Å²) in [6, 6.07) is 6.16. The number of rotatable bonds is 6. The predicted molar refractivity (Wildman–Crippen MR) is 123 cm³/mol. The minimum atomic E-state index is -0.607. The van der Waals surface area contributed by atoms with Crippen LogP contribution in [0.2, 0.25) is 0 Å². The molecule has 0 aliphatic heterocycles. The molecule has 0 atom stereocenters. The Morgan fingerprint density at radius 2 is 1.90 bits per heavy atom. The predicted octanol–water partition coefficient (Wildman–Crippen LogP) is 3.67. The van der Waals surface area contributed by atoms with Crippen LogP contribution < -0.4 is 16.0 Å². The van der Waals surface area contributed by atoms with E-state index in [1.165, 1.54) is 18.2 Å². The zero-order valence-corrected chi connectivity index (χ0v) is 20.2. The van der Waals surface area contributed by atoms with Gasteiger partial charge in [-0.1, -0.05) is 0 Å². The number of benzene rings is 1. The Balaban J connectivity index is 0.00000784. The molecule has 0 aliphatic rings. The van der Waals surface area contributed by atoms with Gasteiger partial charge in [-0.15, -0.1) is 24.0 Å². The SMILES string of the molecule is CCNC(=NCc1cc(C#N)ccc1F)NCC(C)(C)NC(=O)OC(C)(C)C.I. The summed E-state index contributed by atoms with van der Waals surface area (Å²) in [4.78, 5) is 16.3. The first kappa shape index (κ1) is 26.9. The monoisotopic (exact) mass is 519 g/mol. The fourth-order valence-electron chi connectivity index (χ4n) is 2.20. The Bertz CT molecular complexity index is 754. The van der Waals surface area contributed by atoms with E-state index in [4.69, 9.17) is 10.00 Å². The van der Waals surface area contributed by atoms with Crippen molar-refractivity contribution in [2.75, 3.05) is 13.1 Å². The molecule has 162 valence electrons. The Morgan fingerprint density at radius 3 is 2.45 bits per heavy atom. The molecule has 0 bridgehead atoms. The number of halogens is 2. The van der Waals surface area contributed by atoms with E-state index in [2.05, 4.69) is 20.9 Å². The minimum Gasteiger partial charge on any atom is -0.444 e. The molecular formula is C20H31FIN5O2. The van der Waals surface area contributed by atoms with Gasteiger partial charge >= 0.3 is 6.09 Å². The number of aliphatic imine (C=N–C) groups is 1. The number of nitriles is 1. The van der Waals surface area contributed by atoms with Gasteiger partial charge in [-0.2, -0.15) is 5.26 Å². The first-order valence-electron chi connectivity index (χ1n) is 9.17. The Hall–Kier alpha value is -2.09. The second-order valence-electron chi connectivity index (χ2n) is 7.98. The van der Waals surface area contributed by atoms with Crippen molar-refractivity contribution in [3.05, 3.63) is 35.1 Å². The summed E-state index contributed by atoms with van der Waals surface area (Å²) >= 11 is 0. The molecule has 0 unspecified atom stereocenters. The van der Waals surface area contributed by atoms with Crippen molar-refractivity contribution >= 4 is 36.0 Å². The third kappa shape index (κ3) is 10.9. The standard InChI is InChI=1S/C20H30FN5O2.HI/c1-7-23-17(24-12-15-10-14(11-22)8-9-16(15)21)25-13-20(5,6)26-18(27)28-19(2,3)4;/h8-10H,7,12-13H2,1-6H3,(H,26,27)(H2,23,24,25);1H. The zero-order chi connectivity index (χ0) is 21.4. The van der Waals surface area contributed by atoms with E-state index >= 15 is 0 Å². The number of nitrogens with zero attached hydrogens (tertiary/aromatic N) is 2. The highest BCUT2D eigenvalue weighted by Gasteiger charge is 2.24. The molecule has 0 saturated heterocycles. The van der Waals surface area contributed by atoms with Crippen LogP contribution in [0, 0.1) is 17.1 Å². The average Bonchev–Trinajstić information content (AvgIpc) is 2.56. The number of ether oxygens (including phenoxy) is 1. The molecule has 1 aromatic rings. The van der Waals surface area contributed by atoms with Crippen molar-refractivity contribution in [2.45, 2.75) is 59.2 Å². The average molecular weight is 519 g/mol. The van der Waals surface area contributed by atoms with Gasteiger partial charge in [0.25, 0.3) is 0 Å². The van der Waals surface area contributed by atoms with E-state index in [1.54, 1.807) is 20.8 Å². The molecule has 0 saturated carbocycles. The van der Waals surface area contributed by atoms with Crippen LogP contribution in [-0.2, 0) is 11.3 Å². The lowest BCUT2D eigenvalue weighted by Gasteiger charge is -2.29. The fourth-order valence-corrected chi connectivity index (χ4v) is 2.20. The number of amides is 1. The lowest BCUT2D eigenvalue weighted by atomic mass is 10.1. The van der Waals surface area contributed by atoms with Crippen molar-refractivity contribution in [1.82, 2.24) is 16.0 Å². The molecular weight excluding hydrogens is 488 g/mol. The molecule has 29 heavy (non-hydrogen) atoms. The molecule has 0 aromatic heterocycles. The van der Waals surface area contributed by atoms with Crippen LogP contribution in [0.4, 0.5) is 9.18 Å². The van der Waals surface area contributed by atoms with Gasteiger partial charge in [-0.25, -0.2) is 14.2 Å². The van der Waals surface area contributed by atoms with Crippen molar-refractivity contribution in [3.8, 4) is 6.07 Å². The first-order valence-corrected chi connectivity index (χ1v) is 9.17. The molecule has 3 N–H and O–H groups in total. The van der Waals surface area contributed by atoms with Gasteiger partial charge in [0, 0.05) is 18.7 Å². The lowest BCUT2D eigenvalue weighted by molar-refractivity contribution is 0.0474. The molecule has 1 amide bonds. The van der Waals surface area contributed by atoms with Gasteiger partial charge in [0.15, 0.2) is 5.96 Å². The number of carbonyl (C=O) groups is 1. The van der Waals surface area contributed by atoms with Gasteiger partial charge in [0.1, 0.15) is 11.4 Å². The highest BCUT2D eigenvalue weighted by molar-refractivity contribution is 14.0. The first-order chi connectivity index (χ1) is 13.0. The topological polar surface area (TPSA) is 98.5 Å². The number of guanidine groups is 1. The van der Waals surface area contributed by atoms with E-state index in [0.29, 0.717) is 30.2 Å². The molecule has 0 radical (unpaired) electrons. The molecule has 1 rings (SSSR count). The Morgan fingerprint density at radius 1 is 1.24 bits per heavy atom. The van der Waals surface area contributed by atoms with E-state index in [9.17, 15) is 9.18 Å². The quantitative estimate of drug-likeness (QED) is 0.303. The largest absolute Gasteiger partial charge is 0.444 e. The molecule has 1 aromatic carbocycles. The van der Waals surface area contributed by atoms with Crippen LogP contribution >= 0.6 is 24.0 Å². The number of carbonyl (C=O) groups excluding carboxylic acids is 1. The lowest BCUT2D eigenvalue weighted by Crippen LogP contribution is -2.54. The fraction of sp³-hybridized carbons (Fsp3) is 0.550. The number of alkyl carbamates (subject to hydrolysis) is 1. The van der Waals surface area contributed by atoms with E-state index in [1.807, 2.05) is 26.8 Å². The second kappa shape index (κ2) is 11.8. The van der Waals surface area contributed by atoms with Gasteiger partial charge in [0.05, 0.1) is 23.7 Å². The highest BCUT2D eigenvalue weighted by Crippen LogP contribution is 2.12. The van der Waals surface area contributed by atoms with Gasteiger partial charge in [0.2, 0.25) is 0 Å². The molecule has 0 heterocycles. The summed E-state index contributed by atoms with van der Waals surface area (Å²) in [6.07, 6.45) is -0.503. The number of nitrogens with one attached hydrogen (secondary N) is 3. The number of hydrogen-bond acceptors (Lipinski definition) is 4. The molecule has 7 nitrogen and oxygen atoms in total.